The minimum Gasteiger partial charge on any atom is -0.365 e. The fourth-order valence-corrected chi connectivity index (χ4v) is 3.54. The molecule has 2 N–H and O–H groups in total. The predicted octanol–water partition coefficient (Wildman–Crippen LogP) is 2.06. The molecule has 3 aliphatic heterocycles. The number of benzene rings is 1. The monoisotopic (exact) mass is 325 g/mol. The number of urea groups is 1. The molecule has 24 heavy (non-hydrogen) atoms. The van der Waals surface area contributed by atoms with E-state index in [-0.39, 0.29) is 12.2 Å². The van der Waals surface area contributed by atoms with Crippen molar-refractivity contribution in [2.45, 2.75) is 38.9 Å². The summed E-state index contributed by atoms with van der Waals surface area (Å²) in [5.74, 6) is 1.74. The van der Waals surface area contributed by atoms with Crippen LogP contribution in [0.3, 0.4) is 0 Å². The van der Waals surface area contributed by atoms with E-state index in [4.69, 9.17) is 4.99 Å². The second kappa shape index (κ2) is 5.85. The molecule has 1 aromatic rings. The van der Waals surface area contributed by atoms with Gasteiger partial charge in [-0.1, -0.05) is 44.2 Å². The zero-order valence-corrected chi connectivity index (χ0v) is 14.1. The van der Waals surface area contributed by atoms with E-state index in [0.29, 0.717) is 12.6 Å². The number of amides is 2. The molecule has 1 unspecified atom stereocenters. The van der Waals surface area contributed by atoms with E-state index in [9.17, 15) is 4.79 Å². The van der Waals surface area contributed by atoms with E-state index in [2.05, 4.69) is 24.5 Å². The third-order valence-electron chi connectivity index (χ3n) is 4.81. The second-order valence-electron chi connectivity index (χ2n) is 6.44. The van der Waals surface area contributed by atoms with Crippen LogP contribution in [0, 0.1) is 0 Å². The van der Waals surface area contributed by atoms with Crippen LogP contribution in [0.5, 0.6) is 0 Å². The third kappa shape index (κ3) is 2.25. The van der Waals surface area contributed by atoms with E-state index >= 15 is 0 Å². The van der Waals surface area contributed by atoms with Gasteiger partial charge in [0, 0.05) is 24.7 Å². The number of rotatable bonds is 4. The van der Waals surface area contributed by atoms with Gasteiger partial charge < -0.3 is 10.6 Å². The molecule has 1 saturated heterocycles. The summed E-state index contributed by atoms with van der Waals surface area (Å²) >= 11 is 0. The van der Waals surface area contributed by atoms with Crippen LogP contribution in [0.4, 0.5) is 4.79 Å². The maximum atomic E-state index is 12.9. The lowest BCUT2D eigenvalue weighted by Gasteiger charge is -2.36. The zero-order valence-electron chi connectivity index (χ0n) is 14.1. The Bertz CT molecular complexity index is 711. The van der Waals surface area contributed by atoms with Gasteiger partial charge >= 0.3 is 6.03 Å². The summed E-state index contributed by atoms with van der Waals surface area (Å²) in [5, 5.41) is 6.97. The highest BCUT2D eigenvalue weighted by atomic mass is 16.2. The first-order chi connectivity index (χ1) is 11.7. The first-order valence-electron chi connectivity index (χ1n) is 8.72. The van der Waals surface area contributed by atoms with Crippen molar-refractivity contribution in [3.8, 4) is 0 Å². The number of nitrogens with one attached hydrogen (secondary N) is 2. The Kier molecular flexibility index (Phi) is 3.67. The van der Waals surface area contributed by atoms with Crippen LogP contribution in [0.1, 0.15) is 32.3 Å². The summed E-state index contributed by atoms with van der Waals surface area (Å²) in [6.45, 7) is 5.67. The lowest BCUT2D eigenvalue weighted by atomic mass is 10.2. The third-order valence-corrected chi connectivity index (χ3v) is 4.81. The van der Waals surface area contributed by atoms with Gasteiger partial charge in [0.15, 0.2) is 6.17 Å². The van der Waals surface area contributed by atoms with E-state index in [0.717, 1.165) is 42.3 Å². The predicted molar refractivity (Wildman–Crippen MR) is 93.2 cm³/mol. The maximum Gasteiger partial charge on any atom is 0.327 e. The molecule has 1 fully saturated rings. The Balaban J connectivity index is 1.74. The van der Waals surface area contributed by atoms with Crippen molar-refractivity contribution in [1.29, 1.82) is 0 Å². The molecule has 0 aromatic heterocycles. The molecule has 6 nitrogen and oxygen atoms in total. The molecular formula is C18H23N5O. The van der Waals surface area contributed by atoms with E-state index in [1.165, 1.54) is 0 Å². The molecule has 0 saturated carbocycles. The number of nitrogens with zero attached hydrogens (tertiary/aromatic N) is 3. The lowest BCUT2D eigenvalue weighted by molar-refractivity contribution is 0.146. The van der Waals surface area contributed by atoms with Crippen molar-refractivity contribution in [2.24, 2.45) is 4.99 Å². The molecule has 6 heteroatoms. The first kappa shape index (κ1) is 15.1. The van der Waals surface area contributed by atoms with Crippen LogP contribution in [-0.2, 0) is 0 Å². The Hall–Kier alpha value is -2.50. The number of hydrogen-bond donors (Lipinski definition) is 2. The molecule has 0 bridgehead atoms. The number of amidine groups is 1. The Labute approximate surface area is 142 Å². The lowest BCUT2D eigenvalue weighted by Crippen LogP contribution is -2.53. The smallest absolute Gasteiger partial charge is 0.327 e. The number of aliphatic imine (C=N–C) groups is 1. The molecule has 1 aromatic carbocycles. The van der Waals surface area contributed by atoms with E-state index in [1.807, 2.05) is 40.1 Å². The highest BCUT2D eigenvalue weighted by Crippen LogP contribution is 2.32. The largest absolute Gasteiger partial charge is 0.365 e. The van der Waals surface area contributed by atoms with Gasteiger partial charge in [-0.05, 0) is 12.8 Å². The minimum atomic E-state index is -0.248. The topological polar surface area (TPSA) is 60.0 Å². The molecule has 2 atom stereocenters. The zero-order chi connectivity index (χ0) is 16.7. The van der Waals surface area contributed by atoms with Crippen LogP contribution in [0.25, 0.3) is 0 Å². The van der Waals surface area contributed by atoms with Gasteiger partial charge in [-0.25, -0.2) is 9.79 Å². The van der Waals surface area contributed by atoms with Crippen LogP contribution in [0.2, 0.25) is 0 Å². The normalized spacial score (nSPS) is 25.2. The number of fused-ring (bicyclic) bond motifs is 2. The summed E-state index contributed by atoms with van der Waals surface area (Å²) < 4.78 is 0. The van der Waals surface area contributed by atoms with Crippen molar-refractivity contribution in [3.63, 3.8) is 0 Å². The van der Waals surface area contributed by atoms with Gasteiger partial charge in [0.1, 0.15) is 17.4 Å². The van der Waals surface area contributed by atoms with Gasteiger partial charge in [-0.3, -0.25) is 9.80 Å². The molecular weight excluding hydrogens is 302 g/mol. The fourth-order valence-electron chi connectivity index (χ4n) is 3.54. The molecule has 0 spiro atoms. The summed E-state index contributed by atoms with van der Waals surface area (Å²) in [4.78, 5) is 21.5. The van der Waals surface area contributed by atoms with E-state index in [1.54, 1.807) is 0 Å². The van der Waals surface area contributed by atoms with Gasteiger partial charge in [0.2, 0.25) is 0 Å². The van der Waals surface area contributed by atoms with Crippen LogP contribution < -0.4 is 10.6 Å². The maximum absolute atomic E-state index is 12.9. The second-order valence-corrected chi connectivity index (χ2v) is 6.44. The average molecular weight is 325 g/mol. The van der Waals surface area contributed by atoms with Crippen molar-refractivity contribution in [2.75, 3.05) is 13.1 Å². The van der Waals surface area contributed by atoms with Crippen LogP contribution >= 0.6 is 0 Å². The average Bonchev–Trinajstić information content (AvgIpc) is 3.23. The van der Waals surface area contributed by atoms with Crippen LogP contribution in [-0.4, -0.2) is 47.0 Å². The van der Waals surface area contributed by atoms with Gasteiger partial charge in [-0.2, -0.15) is 0 Å². The Morgan fingerprint density at radius 3 is 2.75 bits per heavy atom. The number of carbonyl (C=O) groups excluding carboxylic acids is 1. The molecule has 0 radical (unpaired) electrons. The molecule has 4 rings (SSSR count). The van der Waals surface area contributed by atoms with Crippen molar-refractivity contribution >= 4 is 11.9 Å². The standard InChI is InChI=1S/C18H23N5O/c1-3-10-22-17-14(16-19-13(4-2)11-23(16)18(22)24)20-15(21-17)12-8-6-5-7-9-12/h5-9,13,17,19H,3-4,10-11H2,1-2H3,(H,20,21)/t13-,17?/m0/s1. The highest BCUT2D eigenvalue weighted by molar-refractivity contribution is 6.02. The highest BCUT2D eigenvalue weighted by Gasteiger charge is 2.46. The molecule has 3 aliphatic rings. The fraction of sp³-hybridized carbons (Fsp3) is 0.444. The molecule has 0 aliphatic carbocycles. The summed E-state index contributed by atoms with van der Waals surface area (Å²) in [6.07, 6.45) is 1.66. The van der Waals surface area contributed by atoms with Crippen molar-refractivity contribution in [1.82, 2.24) is 20.4 Å². The number of hydrogen-bond acceptors (Lipinski definition) is 4. The van der Waals surface area contributed by atoms with Gasteiger partial charge in [-0.15, -0.1) is 0 Å². The summed E-state index contributed by atoms with van der Waals surface area (Å²) in [7, 11) is 0. The Morgan fingerprint density at radius 2 is 2.04 bits per heavy atom. The summed E-state index contributed by atoms with van der Waals surface area (Å²) in [6, 6.07) is 10.4. The molecule has 3 heterocycles. The quantitative estimate of drug-likeness (QED) is 0.891. The molecule has 126 valence electrons. The van der Waals surface area contributed by atoms with Crippen molar-refractivity contribution < 1.29 is 4.79 Å². The number of carbonyl (C=O) groups is 1. The SMILES string of the molecule is CCCN1C(=O)N2C[C@H](CC)NC2=C2NC(c3ccccc3)=NC21. The first-order valence-corrected chi connectivity index (χ1v) is 8.72. The van der Waals surface area contributed by atoms with Crippen molar-refractivity contribution in [3.05, 3.63) is 47.4 Å². The van der Waals surface area contributed by atoms with E-state index < -0.39 is 0 Å². The molecule has 2 amide bonds. The van der Waals surface area contributed by atoms with Gasteiger partial charge in [0.05, 0.1) is 0 Å². The van der Waals surface area contributed by atoms with Gasteiger partial charge in [0.25, 0.3) is 0 Å². The summed E-state index contributed by atoms with van der Waals surface area (Å²) in [5.41, 5.74) is 2.04. The minimum absolute atomic E-state index is 0.0592. The Morgan fingerprint density at radius 1 is 1.25 bits per heavy atom. The van der Waals surface area contributed by atoms with Crippen LogP contribution in [0.15, 0.2) is 46.8 Å².